The lowest BCUT2D eigenvalue weighted by Gasteiger charge is -2.30. The fraction of sp³-hybridized carbons (Fsp3) is 0.483. The zero-order chi connectivity index (χ0) is 27.3. The maximum Gasteiger partial charge on any atom is 0.340 e. The van der Waals surface area contributed by atoms with Gasteiger partial charge in [0, 0.05) is 18.2 Å². The van der Waals surface area contributed by atoms with Crippen LogP contribution in [0.5, 0.6) is 5.75 Å². The minimum absolute atomic E-state index is 0.134. The van der Waals surface area contributed by atoms with E-state index in [0.717, 1.165) is 25.7 Å². The van der Waals surface area contributed by atoms with Crippen LogP contribution in [0.1, 0.15) is 92.4 Å². The molecule has 0 spiro atoms. The van der Waals surface area contributed by atoms with Crippen LogP contribution in [0.25, 0.3) is 0 Å². The highest BCUT2D eigenvalue weighted by molar-refractivity contribution is 6.43. The van der Waals surface area contributed by atoms with E-state index in [2.05, 4.69) is 12.2 Å². The van der Waals surface area contributed by atoms with Crippen molar-refractivity contribution >= 4 is 46.5 Å². The summed E-state index contributed by atoms with van der Waals surface area (Å²) >= 11 is 13.5. The summed E-state index contributed by atoms with van der Waals surface area (Å²) in [5.74, 6) is -1.13. The molecular weight excluding hydrogens is 513 g/mol. The Morgan fingerprint density at radius 3 is 2.14 bits per heavy atom. The summed E-state index contributed by atoms with van der Waals surface area (Å²) < 4.78 is 10.8. The monoisotopic (exact) mass is 549 g/mol. The zero-order valence-electron chi connectivity index (χ0n) is 21.9. The number of halogens is 2. The number of benzene rings is 2. The highest BCUT2D eigenvalue weighted by Gasteiger charge is 2.47. The Balaban J connectivity index is 2.17. The Hall–Kier alpha value is -2.57. The normalized spacial score (nSPS) is 13.3. The second kappa shape index (κ2) is 15.6. The number of Topliss-reactive ketones (excluding diaryl/α,β-unsaturated/α-hetero) is 1. The van der Waals surface area contributed by atoms with Crippen molar-refractivity contribution in [3.8, 4) is 5.75 Å². The van der Waals surface area contributed by atoms with E-state index in [1.165, 1.54) is 51.8 Å². The molecule has 0 bridgehead atoms. The van der Waals surface area contributed by atoms with Crippen LogP contribution in [-0.2, 0) is 9.53 Å². The third-order valence-corrected chi connectivity index (χ3v) is 7.19. The number of hydrogen-bond donors (Lipinski definition) is 1. The molecule has 0 aliphatic carbocycles. The SMILES string of the molecule is CCCCCCCCCCC(Cl)C(Cl)(OC(=O)c1cccc(NC(C)=O)c1)C(=O)c1ccc(OC)cc1. The molecule has 0 radical (unpaired) electrons. The van der Waals surface area contributed by atoms with Gasteiger partial charge in [-0.2, -0.15) is 0 Å². The summed E-state index contributed by atoms with van der Waals surface area (Å²) in [7, 11) is 1.53. The molecule has 2 aromatic rings. The van der Waals surface area contributed by atoms with Crippen LogP contribution in [0.2, 0.25) is 0 Å². The van der Waals surface area contributed by atoms with Crippen molar-refractivity contribution in [2.75, 3.05) is 12.4 Å². The van der Waals surface area contributed by atoms with Crippen LogP contribution in [0.3, 0.4) is 0 Å². The van der Waals surface area contributed by atoms with Gasteiger partial charge in [-0.1, -0.05) is 76.0 Å². The second-order valence-electron chi connectivity index (χ2n) is 9.09. The van der Waals surface area contributed by atoms with Gasteiger partial charge in [-0.25, -0.2) is 4.79 Å². The van der Waals surface area contributed by atoms with Crippen molar-refractivity contribution in [3.63, 3.8) is 0 Å². The maximum absolute atomic E-state index is 13.5. The number of esters is 1. The molecule has 1 N–H and O–H groups in total. The number of ether oxygens (including phenoxy) is 2. The van der Waals surface area contributed by atoms with Gasteiger partial charge in [-0.15, -0.1) is 11.6 Å². The number of amides is 1. The number of methoxy groups -OCH3 is 1. The number of carbonyl (C=O) groups is 3. The van der Waals surface area contributed by atoms with E-state index >= 15 is 0 Å². The fourth-order valence-corrected chi connectivity index (χ4v) is 4.54. The van der Waals surface area contributed by atoms with E-state index in [1.807, 2.05) is 0 Å². The number of hydrogen-bond acceptors (Lipinski definition) is 5. The van der Waals surface area contributed by atoms with Gasteiger partial charge in [0.1, 0.15) is 5.75 Å². The van der Waals surface area contributed by atoms with Crippen LogP contribution >= 0.6 is 23.2 Å². The third-order valence-electron chi connectivity index (χ3n) is 6.04. The summed E-state index contributed by atoms with van der Waals surface area (Å²) in [5, 5.41) is -0.449. The minimum atomic E-state index is -2.11. The Morgan fingerprint density at radius 2 is 1.54 bits per heavy atom. The van der Waals surface area contributed by atoms with Crippen molar-refractivity contribution in [2.45, 2.75) is 82.1 Å². The number of carbonyl (C=O) groups excluding carboxylic acids is 3. The standard InChI is InChI=1S/C29H37Cl2NO5/c1-4-5-6-7-8-9-10-11-15-26(30)29(31,27(34)22-16-18-25(36-3)19-17-22)37-28(35)23-13-12-14-24(20-23)32-21(2)33/h12-14,16-20,26H,4-11,15H2,1-3H3,(H,32,33). The quantitative estimate of drug-likeness (QED) is 0.1000. The molecule has 1 amide bonds. The van der Waals surface area contributed by atoms with Gasteiger partial charge in [0.2, 0.25) is 11.7 Å². The van der Waals surface area contributed by atoms with Crippen molar-refractivity contribution < 1.29 is 23.9 Å². The average molecular weight is 551 g/mol. The molecule has 0 aliphatic rings. The average Bonchev–Trinajstić information content (AvgIpc) is 2.89. The number of anilines is 1. The van der Waals surface area contributed by atoms with Gasteiger partial charge in [-0.05, 0) is 48.9 Å². The largest absolute Gasteiger partial charge is 0.497 e. The zero-order valence-corrected chi connectivity index (χ0v) is 23.4. The summed E-state index contributed by atoms with van der Waals surface area (Å²) in [6, 6.07) is 12.6. The van der Waals surface area contributed by atoms with E-state index in [0.29, 0.717) is 17.9 Å². The van der Waals surface area contributed by atoms with E-state index in [-0.39, 0.29) is 17.0 Å². The number of nitrogens with one attached hydrogen (secondary N) is 1. The molecule has 0 fully saturated rings. The highest BCUT2D eigenvalue weighted by Crippen LogP contribution is 2.35. The maximum atomic E-state index is 13.5. The van der Waals surface area contributed by atoms with Gasteiger partial charge in [0.05, 0.1) is 18.1 Å². The molecule has 0 heterocycles. The first kappa shape index (κ1) is 30.7. The first-order valence-corrected chi connectivity index (χ1v) is 13.7. The van der Waals surface area contributed by atoms with Crippen LogP contribution in [0.15, 0.2) is 48.5 Å². The molecule has 2 aromatic carbocycles. The number of rotatable bonds is 16. The Morgan fingerprint density at radius 1 is 0.919 bits per heavy atom. The van der Waals surface area contributed by atoms with Gasteiger partial charge in [0.15, 0.2) is 0 Å². The molecular formula is C29H37Cl2NO5. The van der Waals surface area contributed by atoms with Gasteiger partial charge < -0.3 is 14.8 Å². The summed E-state index contributed by atoms with van der Waals surface area (Å²) in [6.07, 6.45) is 9.26. The lowest BCUT2D eigenvalue weighted by atomic mass is 9.98. The van der Waals surface area contributed by atoms with Crippen LogP contribution < -0.4 is 10.1 Å². The fourth-order valence-electron chi connectivity index (χ4n) is 3.96. The predicted octanol–water partition coefficient (Wildman–Crippen LogP) is 7.77. The molecule has 0 aromatic heterocycles. The minimum Gasteiger partial charge on any atom is -0.497 e. The molecule has 37 heavy (non-hydrogen) atoms. The van der Waals surface area contributed by atoms with E-state index in [1.54, 1.807) is 36.4 Å². The number of alkyl halides is 2. The molecule has 8 heteroatoms. The first-order chi connectivity index (χ1) is 17.7. The Bertz CT molecular complexity index is 1030. The van der Waals surface area contributed by atoms with Crippen molar-refractivity contribution in [3.05, 3.63) is 59.7 Å². The number of ketones is 1. The first-order valence-electron chi connectivity index (χ1n) is 12.8. The topological polar surface area (TPSA) is 81.7 Å². The van der Waals surface area contributed by atoms with E-state index in [9.17, 15) is 14.4 Å². The third kappa shape index (κ3) is 9.67. The molecule has 2 unspecified atom stereocenters. The summed E-state index contributed by atoms with van der Waals surface area (Å²) in [6.45, 7) is 3.56. The second-order valence-corrected chi connectivity index (χ2v) is 10.2. The van der Waals surface area contributed by atoms with Crippen LogP contribution in [0, 0.1) is 0 Å². The van der Waals surface area contributed by atoms with Crippen LogP contribution in [0.4, 0.5) is 5.69 Å². The summed E-state index contributed by atoms with van der Waals surface area (Å²) in [4.78, 5) is 38.0. The van der Waals surface area contributed by atoms with Gasteiger partial charge in [-0.3, -0.25) is 9.59 Å². The Kier molecular flexibility index (Phi) is 12.9. The van der Waals surface area contributed by atoms with Crippen molar-refractivity contribution in [2.24, 2.45) is 0 Å². The highest BCUT2D eigenvalue weighted by atomic mass is 35.5. The van der Waals surface area contributed by atoms with Crippen molar-refractivity contribution in [1.29, 1.82) is 0 Å². The molecule has 0 saturated heterocycles. The lowest BCUT2D eigenvalue weighted by Crippen LogP contribution is -2.46. The van der Waals surface area contributed by atoms with E-state index < -0.39 is 22.2 Å². The smallest absolute Gasteiger partial charge is 0.340 e. The molecule has 0 aliphatic heterocycles. The molecule has 6 nitrogen and oxygen atoms in total. The summed E-state index contributed by atoms with van der Waals surface area (Å²) in [5.41, 5.74) is 0.803. The van der Waals surface area contributed by atoms with Gasteiger partial charge in [0.25, 0.3) is 5.06 Å². The predicted molar refractivity (Wildman–Crippen MR) is 149 cm³/mol. The van der Waals surface area contributed by atoms with Crippen molar-refractivity contribution in [1.82, 2.24) is 0 Å². The van der Waals surface area contributed by atoms with Gasteiger partial charge >= 0.3 is 5.97 Å². The molecule has 2 rings (SSSR count). The lowest BCUT2D eigenvalue weighted by molar-refractivity contribution is -0.114. The van der Waals surface area contributed by atoms with Crippen LogP contribution in [-0.4, -0.2) is 35.2 Å². The Labute approximate surface area is 230 Å². The molecule has 202 valence electrons. The number of unbranched alkanes of at least 4 members (excludes halogenated alkanes) is 7. The molecule has 0 saturated carbocycles. The van der Waals surface area contributed by atoms with E-state index in [4.69, 9.17) is 32.7 Å². The molecule has 2 atom stereocenters.